The molecule has 88 valence electrons. The van der Waals surface area contributed by atoms with Gasteiger partial charge in [0.15, 0.2) is 0 Å². The Kier molecular flexibility index (Phi) is 4.63. The smallest absolute Gasteiger partial charge is 0.140 e. The zero-order valence-electron chi connectivity index (χ0n) is 9.51. The standard InChI is InChI=1S/C12H14Cl2O2/c1-7(8(2)15)4-9-5-10(13)6-11(14)12(9)16-3/h5-7H,4H2,1-3H3. The lowest BCUT2D eigenvalue weighted by Gasteiger charge is -2.13. The third-order valence-electron chi connectivity index (χ3n) is 2.51. The van der Waals surface area contributed by atoms with Gasteiger partial charge in [0.05, 0.1) is 12.1 Å². The molecule has 0 bridgehead atoms. The Bertz CT molecular complexity index is 402. The second kappa shape index (κ2) is 5.55. The van der Waals surface area contributed by atoms with Gasteiger partial charge in [-0.3, -0.25) is 4.79 Å². The highest BCUT2D eigenvalue weighted by Gasteiger charge is 2.15. The average molecular weight is 261 g/mol. The lowest BCUT2D eigenvalue weighted by Crippen LogP contribution is -2.10. The van der Waals surface area contributed by atoms with Crippen LogP contribution in [0.2, 0.25) is 10.0 Å². The molecular formula is C12H14Cl2O2. The minimum absolute atomic E-state index is 0.0663. The normalized spacial score (nSPS) is 12.3. The Morgan fingerprint density at radius 2 is 2.06 bits per heavy atom. The number of benzene rings is 1. The number of rotatable bonds is 4. The fraction of sp³-hybridized carbons (Fsp3) is 0.417. The molecule has 0 radical (unpaired) electrons. The summed E-state index contributed by atoms with van der Waals surface area (Å²) < 4.78 is 5.21. The van der Waals surface area contributed by atoms with Gasteiger partial charge < -0.3 is 4.74 Å². The van der Waals surface area contributed by atoms with Crippen molar-refractivity contribution in [3.63, 3.8) is 0 Å². The minimum Gasteiger partial charge on any atom is -0.495 e. The van der Waals surface area contributed by atoms with Gasteiger partial charge >= 0.3 is 0 Å². The monoisotopic (exact) mass is 260 g/mol. The van der Waals surface area contributed by atoms with Crippen LogP contribution in [0.4, 0.5) is 0 Å². The van der Waals surface area contributed by atoms with E-state index in [1.165, 1.54) is 0 Å². The first-order chi connectivity index (χ1) is 7.45. The molecule has 1 unspecified atom stereocenters. The molecule has 1 aromatic carbocycles. The number of hydrogen-bond donors (Lipinski definition) is 0. The Balaban J connectivity index is 3.07. The zero-order valence-corrected chi connectivity index (χ0v) is 11.0. The molecule has 0 saturated heterocycles. The summed E-state index contributed by atoms with van der Waals surface area (Å²) >= 11 is 11.9. The Hall–Kier alpha value is -0.730. The van der Waals surface area contributed by atoms with Crippen molar-refractivity contribution in [2.24, 2.45) is 5.92 Å². The number of Topliss-reactive ketones (excluding diaryl/α,β-unsaturated/α-hetero) is 1. The predicted molar refractivity (Wildman–Crippen MR) is 66.6 cm³/mol. The maximum Gasteiger partial charge on any atom is 0.140 e. The topological polar surface area (TPSA) is 26.3 Å². The zero-order chi connectivity index (χ0) is 12.3. The highest BCUT2D eigenvalue weighted by molar-refractivity contribution is 6.35. The predicted octanol–water partition coefficient (Wildman–Crippen LogP) is 3.77. The van der Waals surface area contributed by atoms with Crippen LogP contribution in [0.1, 0.15) is 19.4 Å². The Labute approximate surface area is 106 Å². The first-order valence-electron chi connectivity index (χ1n) is 4.98. The van der Waals surface area contributed by atoms with E-state index in [-0.39, 0.29) is 11.7 Å². The van der Waals surface area contributed by atoms with Gasteiger partial charge in [-0.25, -0.2) is 0 Å². The quantitative estimate of drug-likeness (QED) is 0.824. The molecule has 0 spiro atoms. The molecule has 2 nitrogen and oxygen atoms in total. The maximum atomic E-state index is 11.2. The molecule has 4 heteroatoms. The lowest BCUT2D eigenvalue weighted by atomic mass is 9.97. The van der Waals surface area contributed by atoms with Crippen LogP contribution in [-0.2, 0) is 11.2 Å². The van der Waals surface area contributed by atoms with Crippen LogP contribution in [0.25, 0.3) is 0 Å². The summed E-state index contributed by atoms with van der Waals surface area (Å²) in [6, 6.07) is 3.41. The van der Waals surface area contributed by atoms with Crippen molar-refractivity contribution in [2.45, 2.75) is 20.3 Å². The third-order valence-corrected chi connectivity index (χ3v) is 3.01. The van der Waals surface area contributed by atoms with E-state index >= 15 is 0 Å². The summed E-state index contributed by atoms with van der Waals surface area (Å²) in [6.07, 6.45) is 0.582. The van der Waals surface area contributed by atoms with Crippen molar-refractivity contribution in [1.29, 1.82) is 0 Å². The molecule has 0 amide bonds. The highest BCUT2D eigenvalue weighted by atomic mass is 35.5. The van der Waals surface area contributed by atoms with E-state index in [1.807, 2.05) is 6.92 Å². The van der Waals surface area contributed by atoms with Gasteiger partial charge in [-0.15, -0.1) is 0 Å². The molecule has 0 heterocycles. The minimum atomic E-state index is -0.0663. The van der Waals surface area contributed by atoms with Crippen molar-refractivity contribution in [2.75, 3.05) is 7.11 Å². The number of methoxy groups -OCH3 is 1. The van der Waals surface area contributed by atoms with Gasteiger partial charge in [0.1, 0.15) is 11.5 Å². The maximum absolute atomic E-state index is 11.2. The average Bonchev–Trinajstić information content (AvgIpc) is 2.16. The van der Waals surface area contributed by atoms with Crippen LogP contribution >= 0.6 is 23.2 Å². The lowest BCUT2D eigenvalue weighted by molar-refractivity contribution is -0.120. The van der Waals surface area contributed by atoms with Crippen molar-refractivity contribution < 1.29 is 9.53 Å². The molecule has 1 aromatic rings. The molecule has 0 aliphatic heterocycles. The molecule has 1 rings (SSSR count). The van der Waals surface area contributed by atoms with Crippen LogP contribution in [0.3, 0.4) is 0 Å². The summed E-state index contributed by atoms with van der Waals surface area (Å²) in [5, 5.41) is 1.03. The van der Waals surface area contributed by atoms with E-state index in [4.69, 9.17) is 27.9 Å². The van der Waals surface area contributed by atoms with Crippen LogP contribution in [0, 0.1) is 5.92 Å². The van der Waals surface area contributed by atoms with E-state index < -0.39 is 0 Å². The summed E-state index contributed by atoms with van der Waals surface area (Å²) in [6.45, 7) is 3.44. The molecule has 0 aliphatic rings. The molecule has 0 saturated carbocycles. The van der Waals surface area contributed by atoms with E-state index in [2.05, 4.69) is 0 Å². The van der Waals surface area contributed by atoms with Crippen LogP contribution < -0.4 is 4.74 Å². The second-order valence-corrected chi connectivity index (χ2v) is 4.64. The molecule has 0 aromatic heterocycles. The summed E-state index contributed by atoms with van der Waals surface area (Å²) in [5.41, 5.74) is 0.864. The van der Waals surface area contributed by atoms with E-state index in [0.717, 1.165) is 5.56 Å². The van der Waals surface area contributed by atoms with E-state index in [0.29, 0.717) is 22.2 Å². The van der Waals surface area contributed by atoms with Gasteiger partial charge in [0.2, 0.25) is 0 Å². The molecule has 16 heavy (non-hydrogen) atoms. The molecular weight excluding hydrogens is 247 g/mol. The fourth-order valence-corrected chi connectivity index (χ4v) is 2.08. The number of ether oxygens (including phenoxy) is 1. The van der Waals surface area contributed by atoms with Crippen LogP contribution in [-0.4, -0.2) is 12.9 Å². The molecule has 1 atom stereocenters. The van der Waals surface area contributed by atoms with Crippen molar-refractivity contribution in [3.8, 4) is 5.75 Å². The molecule has 0 aliphatic carbocycles. The van der Waals surface area contributed by atoms with Crippen molar-refractivity contribution >= 4 is 29.0 Å². The van der Waals surface area contributed by atoms with Gasteiger partial charge in [-0.2, -0.15) is 0 Å². The van der Waals surface area contributed by atoms with Crippen molar-refractivity contribution in [1.82, 2.24) is 0 Å². The molecule has 0 N–H and O–H groups in total. The van der Waals surface area contributed by atoms with E-state index in [9.17, 15) is 4.79 Å². The van der Waals surface area contributed by atoms with Crippen molar-refractivity contribution in [3.05, 3.63) is 27.7 Å². The first-order valence-corrected chi connectivity index (χ1v) is 5.73. The number of carbonyl (C=O) groups is 1. The van der Waals surface area contributed by atoms with E-state index in [1.54, 1.807) is 26.2 Å². The summed E-state index contributed by atoms with van der Waals surface area (Å²) in [5.74, 6) is 0.667. The second-order valence-electron chi connectivity index (χ2n) is 3.80. The van der Waals surface area contributed by atoms with Gasteiger partial charge in [-0.1, -0.05) is 30.1 Å². The van der Waals surface area contributed by atoms with Crippen LogP contribution in [0.15, 0.2) is 12.1 Å². The first kappa shape index (κ1) is 13.3. The van der Waals surface area contributed by atoms with Crippen LogP contribution in [0.5, 0.6) is 5.75 Å². The Morgan fingerprint density at radius 1 is 1.44 bits per heavy atom. The summed E-state index contributed by atoms with van der Waals surface area (Å²) in [7, 11) is 1.55. The third kappa shape index (κ3) is 3.13. The highest BCUT2D eigenvalue weighted by Crippen LogP contribution is 2.33. The summed E-state index contributed by atoms with van der Waals surface area (Å²) in [4.78, 5) is 11.2. The SMILES string of the molecule is COc1c(Cl)cc(Cl)cc1CC(C)C(C)=O. The fourth-order valence-electron chi connectivity index (χ4n) is 1.47. The van der Waals surface area contributed by atoms with Gasteiger partial charge in [0.25, 0.3) is 0 Å². The Morgan fingerprint density at radius 3 is 2.56 bits per heavy atom. The number of carbonyl (C=O) groups excluding carboxylic acids is 1. The largest absolute Gasteiger partial charge is 0.495 e. The van der Waals surface area contributed by atoms with Gasteiger partial charge in [0, 0.05) is 10.9 Å². The number of halogens is 2. The number of ketones is 1. The number of hydrogen-bond acceptors (Lipinski definition) is 2. The molecule has 0 fully saturated rings. The van der Waals surface area contributed by atoms with Gasteiger partial charge in [-0.05, 0) is 31.0 Å².